The standard InChI is InChI=1S/C16H20N2O3S/c1-3-8-17-14(19)11(2)22-10-9-18-15(20)12-6-4-5-7-13(12)16(18)21/h4-7,11H,3,8-10H2,1-2H3,(H,17,19)/t11-/m0/s1. The number of nitrogens with one attached hydrogen (secondary N) is 1. The number of rotatable bonds is 7. The second kappa shape index (κ2) is 7.45. The lowest BCUT2D eigenvalue weighted by molar-refractivity contribution is -0.120. The van der Waals surface area contributed by atoms with Gasteiger partial charge in [0.1, 0.15) is 0 Å². The van der Waals surface area contributed by atoms with E-state index < -0.39 is 0 Å². The van der Waals surface area contributed by atoms with Crippen LogP contribution < -0.4 is 5.32 Å². The summed E-state index contributed by atoms with van der Waals surface area (Å²) >= 11 is 1.45. The highest BCUT2D eigenvalue weighted by atomic mass is 32.2. The van der Waals surface area contributed by atoms with Gasteiger partial charge in [0, 0.05) is 18.8 Å². The average Bonchev–Trinajstić information content (AvgIpc) is 2.77. The van der Waals surface area contributed by atoms with Gasteiger partial charge in [-0.15, -0.1) is 11.8 Å². The monoisotopic (exact) mass is 320 g/mol. The Kier molecular flexibility index (Phi) is 5.60. The lowest BCUT2D eigenvalue weighted by Gasteiger charge is -2.15. The van der Waals surface area contributed by atoms with Crippen molar-refractivity contribution >= 4 is 29.5 Å². The number of imide groups is 1. The molecule has 0 saturated heterocycles. The zero-order chi connectivity index (χ0) is 16.1. The highest BCUT2D eigenvalue weighted by molar-refractivity contribution is 8.00. The topological polar surface area (TPSA) is 66.5 Å². The van der Waals surface area contributed by atoms with Crippen LogP contribution in [0, 0.1) is 0 Å². The summed E-state index contributed by atoms with van der Waals surface area (Å²) in [5, 5.41) is 2.64. The molecule has 0 aromatic heterocycles. The van der Waals surface area contributed by atoms with Gasteiger partial charge in [0.05, 0.1) is 16.4 Å². The molecule has 0 spiro atoms. The lowest BCUT2D eigenvalue weighted by Crippen LogP contribution is -2.34. The van der Waals surface area contributed by atoms with Crippen molar-refractivity contribution in [2.24, 2.45) is 0 Å². The van der Waals surface area contributed by atoms with E-state index in [1.165, 1.54) is 16.7 Å². The van der Waals surface area contributed by atoms with Gasteiger partial charge in [-0.2, -0.15) is 0 Å². The summed E-state index contributed by atoms with van der Waals surface area (Å²) in [6.45, 7) is 4.82. The third kappa shape index (κ3) is 3.50. The molecular weight excluding hydrogens is 300 g/mol. The number of amides is 3. The Morgan fingerprint density at radius 1 is 1.23 bits per heavy atom. The molecule has 0 bridgehead atoms. The van der Waals surface area contributed by atoms with Crippen LogP contribution in [0.4, 0.5) is 0 Å². The Bertz CT molecular complexity index is 554. The van der Waals surface area contributed by atoms with Crippen LogP contribution in [0.3, 0.4) is 0 Å². The van der Waals surface area contributed by atoms with Crippen LogP contribution in [-0.2, 0) is 4.79 Å². The van der Waals surface area contributed by atoms with Crippen molar-refractivity contribution in [1.82, 2.24) is 10.2 Å². The van der Waals surface area contributed by atoms with E-state index >= 15 is 0 Å². The molecule has 1 heterocycles. The Morgan fingerprint density at radius 2 is 1.82 bits per heavy atom. The summed E-state index contributed by atoms with van der Waals surface area (Å²) < 4.78 is 0. The van der Waals surface area contributed by atoms with Gasteiger partial charge >= 0.3 is 0 Å². The molecular formula is C16H20N2O3S. The molecule has 1 aliphatic rings. The molecule has 0 aliphatic carbocycles. The van der Waals surface area contributed by atoms with Gasteiger partial charge in [0.15, 0.2) is 0 Å². The molecule has 22 heavy (non-hydrogen) atoms. The number of benzene rings is 1. The molecule has 5 nitrogen and oxygen atoms in total. The van der Waals surface area contributed by atoms with Crippen molar-refractivity contribution in [3.8, 4) is 0 Å². The molecule has 6 heteroatoms. The molecule has 3 amide bonds. The largest absolute Gasteiger partial charge is 0.355 e. The van der Waals surface area contributed by atoms with E-state index in [4.69, 9.17) is 0 Å². The fourth-order valence-corrected chi connectivity index (χ4v) is 3.11. The van der Waals surface area contributed by atoms with Crippen LogP contribution in [0.1, 0.15) is 41.0 Å². The van der Waals surface area contributed by atoms with Crippen LogP contribution in [0.15, 0.2) is 24.3 Å². The molecule has 0 unspecified atom stereocenters. The van der Waals surface area contributed by atoms with E-state index in [1.54, 1.807) is 24.3 Å². The Labute approximate surface area is 134 Å². The van der Waals surface area contributed by atoms with Crippen molar-refractivity contribution in [3.63, 3.8) is 0 Å². The molecule has 1 N–H and O–H groups in total. The molecule has 0 radical (unpaired) electrons. The summed E-state index contributed by atoms with van der Waals surface area (Å²) in [6.07, 6.45) is 0.901. The maximum absolute atomic E-state index is 12.2. The first-order valence-corrected chi connectivity index (χ1v) is 8.45. The van der Waals surface area contributed by atoms with Crippen LogP contribution in [0.2, 0.25) is 0 Å². The Morgan fingerprint density at radius 3 is 2.36 bits per heavy atom. The normalized spacial score (nSPS) is 14.9. The molecule has 1 aromatic carbocycles. The fraction of sp³-hybridized carbons (Fsp3) is 0.438. The number of carbonyl (C=O) groups is 3. The van der Waals surface area contributed by atoms with Crippen molar-refractivity contribution in [2.45, 2.75) is 25.5 Å². The van der Waals surface area contributed by atoms with E-state index in [0.717, 1.165) is 6.42 Å². The molecule has 118 valence electrons. The molecule has 1 atom stereocenters. The summed E-state index contributed by atoms with van der Waals surface area (Å²) in [5.41, 5.74) is 0.928. The van der Waals surface area contributed by atoms with Gasteiger partial charge in [-0.1, -0.05) is 19.1 Å². The highest BCUT2D eigenvalue weighted by Gasteiger charge is 2.34. The van der Waals surface area contributed by atoms with Crippen LogP contribution in [0.5, 0.6) is 0 Å². The van der Waals surface area contributed by atoms with Crippen molar-refractivity contribution in [1.29, 1.82) is 0 Å². The maximum atomic E-state index is 12.2. The van der Waals surface area contributed by atoms with E-state index in [1.807, 2.05) is 13.8 Å². The average molecular weight is 320 g/mol. The molecule has 1 aromatic rings. The minimum atomic E-state index is -0.246. The first-order chi connectivity index (χ1) is 10.6. The molecule has 0 fully saturated rings. The first kappa shape index (κ1) is 16.5. The van der Waals surface area contributed by atoms with Crippen molar-refractivity contribution in [3.05, 3.63) is 35.4 Å². The summed E-state index contributed by atoms with van der Waals surface area (Å²) in [5.74, 6) is 0.0504. The number of thioether (sulfide) groups is 1. The number of carbonyl (C=O) groups excluding carboxylic acids is 3. The number of fused-ring (bicyclic) bond motifs is 1. The minimum absolute atomic E-state index is 0.00536. The van der Waals surface area contributed by atoms with Crippen LogP contribution in [0.25, 0.3) is 0 Å². The zero-order valence-corrected chi connectivity index (χ0v) is 13.6. The van der Waals surface area contributed by atoms with Gasteiger partial charge in [-0.3, -0.25) is 19.3 Å². The fourth-order valence-electron chi connectivity index (χ4n) is 2.23. The predicted molar refractivity (Wildman–Crippen MR) is 87.0 cm³/mol. The SMILES string of the molecule is CCCNC(=O)[C@H](C)SCCN1C(=O)c2ccccc2C1=O. The first-order valence-electron chi connectivity index (χ1n) is 7.40. The van der Waals surface area contributed by atoms with E-state index in [9.17, 15) is 14.4 Å². The maximum Gasteiger partial charge on any atom is 0.261 e. The van der Waals surface area contributed by atoms with Crippen LogP contribution in [-0.4, -0.2) is 46.7 Å². The van der Waals surface area contributed by atoms with Gasteiger partial charge in [0.25, 0.3) is 11.8 Å². The second-order valence-electron chi connectivity index (χ2n) is 5.11. The van der Waals surface area contributed by atoms with E-state index in [2.05, 4.69) is 5.32 Å². The number of hydrogen-bond donors (Lipinski definition) is 1. The minimum Gasteiger partial charge on any atom is -0.355 e. The molecule has 1 aliphatic heterocycles. The number of nitrogens with zero attached hydrogens (tertiary/aromatic N) is 1. The highest BCUT2D eigenvalue weighted by Crippen LogP contribution is 2.23. The van der Waals surface area contributed by atoms with Gasteiger partial charge < -0.3 is 5.32 Å². The summed E-state index contributed by atoms with van der Waals surface area (Å²) in [6, 6.07) is 6.85. The summed E-state index contributed by atoms with van der Waals surface area (Å²) in [7, 11) is 0. The van der Waals surface area contributed by atoms with Gasteiger partial charge in [0.2, 0.25) is 5.91 Å². The number of hydrogen-bond acceptors (Lipinski definition) is 4. The third-order valence-electron chi connectivity index (χ3n) is 3.48. The zero-order valence-electron chi connectivity index (χ0n) is 12.8. The van der Waals surface area contributed by atoms with Crippen LogP contribution >= 0.6 is 11.8 Å². The third-order valence-corrected chi connectivity index (χ3v) is 4.61. The predicted octanol–water partition coefficient (Wildman–Crippen LogP) is 1.93. The Balaban J connectivity index is 1.85. The smallest absolute Gasteiger partial charge is 0.261 e. The van der Waals surface area contributed by atoms with Crippen molar-refractivity contribution in [2.75, 3.05) is 18.8 Å². The quantitative estimate of drug-likeness (QED) is 0.780. The van der Waals surface area contributed by atoms with Gasteiger partial charge in [-0.05, 0) is 25.5 Å². The second-order valence-corrected chi connectivity index (χ2v) is 6.56. The summed E-state index contributed by atoms with van der Waals surface area (Å²) in [4.78, 5) is 37.4. The van der Waals surface area contributed by atoms with Crippen molar-refractivity contribution < 1.29 is 14.4 Å². The van der Waals surface area contributed by atoms with Gasteiger partial charge in [-0.25, -0.2) is 0 Å². The molecule has 2 rings (SSSR count). The Hall–Kier alpha value is -1.82. The molecule has 0 saturated carbocycles. The lowest BCUT2D eigenvalue weighted by atomic mass is 10.1. The van der Waals surface area contributed by atoms with E-state index in [0.29, 0.717) is 30.0 Å². The van der Waals surface area contributed by atoms with E-state index in [-0.39, 0.29) is 23.0 Å².